The zero-order chi connectivity index (χ0) is 21.4. The van der Waals surface area contributed by atoms with Crippen LogP contribution in [0.3, 0.4) is 0 Å². The summed E-state index contributed by atoms with van der Waals surface area (Å²) in [4.78, 5) is 39.5. The second-order valence-corrected chi connectivity index (χ2v) is 7.89. The molecule has 1 aliphatic rings. The summed E-state index contributed by atoms with van der Waals surface area (Å²) in [6.07, 6.45) is 1.85. The molecule has 7 heteroatoms. The van der Waals surface area contributed by atoms with Crippen molar-refractivity contribution in [2.75, 3.05) is 26.7 Å². The maximum atomic E-state index is 12.9. The van der Waals surface area contributed by atoms with Gasteiger partial charge in [-0.2, -0.15) is 0 Å². The molecule has 0 unspecified atom stereocenters. The highest BCUT2D eigenvalue weighted by Crippen LogP contribution is 2.22. The largest absolute Gasteiger partial charge is 0.497 e. The van der Waals surface area contributed by atoms with E-state index in [1.54, 1.807) is 31.4 Å². The summed E-state index contributed by atoms with van der Waals surface area (Å²) in [5, 5.41) is 5.87. The Bertz CT molecular complexity index is 712. The van der Waals surface area contributed by atoms with Gasteiger partial charge in [-0.25, -0.2) is 0 Å². The van der Waals surface area contributed by atoms with Crippen LogP contribution in [0.5, 0.6) is 5.75 Å². The Hall–Kier alpha value is -2.57. The second kappa shape index (κ2) is 10.8. The lowest BCUT2D eigenvalue weighted by atomic mass is 9.88. The molecule has 0 bridgehead atoms. The molecular weight excluding hydrogens is 370 g/mol. The molecule has 1 aromatic carbocycles. The number of piperidine rings is 1. The molecule has 3 amide bonds. The van der Waals surface area contributed by atoms with Gasteiger partial charge in [-0.05, 0) is 42.9 Å². The average molecular weight is 404 g/mol. The van der Waals surface area contributed by atoms with Crippen LogP contribution in [-0.4, -0.2) is 55.4 Å². The fourth-order valence-electron chi connectivity index (χ4n) is 3.51. The van der Waals surface area contributed by atoms with Crippen LogP contribution >= 0.6 is 0 Å². The summed E-state index contributed by atoms with van der Waals surface area (Å²) < 4.78 is 5.19. The minimum atomic E-state index is -0.633. The number of carbonyl (C=O) groups is 3. The predicted molar refractivity (Wildman–Crippen MR) is 112 cm³/mol. The number of likely N-dealkylation sites (tertiary alicyclic amines) is 1. The summed E-state index contributed by atoms with van der Waals surface area (Å²) in [7, 11) is 1.55. The predicted octanol–water partition coefficient (Wildman–Crippen LogP) is 2.21. The molecule has 160 valence electrons. The van der Waals surface area contributed by atoms with E-state index >= 15 is 0 Å². The van der Waals surface area contributed by atoms with E-state index in [1.807, 2.05) is 25.7 Å². The van der Waals surface area contributed by atoms with Crippen molar-refractivity contribution in [3.8, 4) is 5.75 Å². The van der Waals surface area contributed by atoms with Crippen molar-refractivity contribution < 1.29 is 19.1 Å². The van der Waals surface area contributed by atoms with Gasteiger partial charge in [0.2, 0.25) is 11.8 Å². The zero-order valence-corrected chi connectivity index (χ0v) is 17.9. The maximum absolute atomic E-state index is 12.9. The van der Waals surface area contributed by atoms with Gasteiger partial charge in [0.15, 0.2) is 0 Å². The Balaban J connectivity index is 2.11. The van der Waals surface area contributed by atoms with E-state index in [-0.39, 0.29) is 23.6 Å². The fourth-order valence-corrected chi connectivity index (χ4v) is 3.51. The number of amides is 3. The Morgan fingerprint density at radius 3 is 2.48 bits per heavy atom. The third kappa shape index (κ3) is 6.48. The van der Waals surface area contributed by atoms with Crippen molar-refractivity contribution in [2.45, 2.75) is 46.1 Å². The van der Waals surface area contributed by atoms with Gasteiger partial charge in [0.1, 0.15) is 11.8 Å². The molecule has 7 nitrogen and oxygen atoms in total. The van der Waals surface area contributed by atoms with Crippen molar-refractivity contribution in [3.05, 3.63) is 29.8 Å². The third-order valence-electron chi connectivity index (χ3n) is 5.25. The van der Waals surface area contributed by atoms with E-state index in [1.165, 1.54) is 0 Å². The number of methoxy groups -OCH3 is 1. The smallest absolute Gasteiger partial charge is 0.252 e. The van der Waals surface area contributed by atoms with Crippen molar-refractivity contribution in [1.82, 2.24) is 15.5 Å². The van der Waals surface area contributed by atoms with Gasteiger partial charge < -0.3 is 20.3 Å². The van der Waals surface area contributed by atoms with E-state index in [9.17, 15) is 14.4 Å². The van der Waals surface area contributed by atoms with E-state index in [4.69, 9.17) is 4.74 Å². The highest BCUT2D eigenvalue weighted by Gasteiger charge is 2.33. The van der Waals surface area contributed by atoms with Gasteiger partial charge in [0, 0.05) is 31.6 Å². The number of nitrogens with one attached hydrogen (secondary N) is 2. The van der Waals surface area contributed by atoms with E-state index in [0.29, 0.717) is 56.1 Å². The number of hydrogen-bond acceptors (Lipinski definition) is 4. The zero-order valence-electron chi connectivity index (χ0n) is 17.9. The SMILES string of the molecule is CCC(=O)N1CCC([C@H](NC(=O)c2cccc(OC)c2)C(=O)NCC(C)C)CC1. The molecule has 0 radical (unpaired) electrons. The number of nitrogens with zero attached hydrogens (tertiary/aromatic N) is 1. The van der Waals surface area contributed by atoms with Crippen LogP contribution in [0.25, 0.3) is 0 Å². The van der Waals surface area contributed by atoms with Crippen LogP contribution in [0.15, 0.2) is 24.3 Å². The topological polar surface area (TPSA) is 87.7 Å². The Kier molecular flexibility index (Phi) is 8.49. The van der Waals surface area contributed by atoms with Crippen molar-refractivity contribution in [2.24, 2.45) is 11.8 Å². The van der Waals surface area contributed by atoms with Crippen LogP contribution in [-0.2, 0) is 9.59 Å². The highest BCUT2D eigenvalue weighted by molar-refractivity contribution is 5.98. The molecule has 1 aliphatic heterocycles. The van der Waals surface area contributed by atoms with Crippen molar-refractivity contribution in [3.63, 3.8) is 0 Å². The lowest BCUT2D eigenvalue weighted by molar-refractivity contribution is -0.132. The monoisotopic (exact) mass is 403 g/mol. The summed E-state index contributed by atoms with van der Waals surface area (Å²) in [5.74, 6) is 0.542. The number of carbonyl (C=O) groups excluding carboxylic acids is 3. The van der Waals surface area contributed by atoms with Crippen molar-refractivity contribution >= 4 is 17.7 Å². The minimum absolute atomic E-state index is 0.0161. The first-order valence-corrected chi connectivity index (χ1v) is 10.4. The lowest BCUT2D eigenvalue weighted by Crippen LogP contribution is -2.54. The number of rotatable bonds is 8. The van der Waals surface area contributed by atoms with Crippen LogP contribution in [0.1, 0.15) is 50.4 Å². The first kappa shape index (κ1) is 22.7. The molecule has 0 aliphatic carbocycles. The highest BCUT2D eigenvalue weighted by atomic mass is 16.5. The Morgan fingerprint density at radius 1 is 1.21 bits per heavy atom. The van der Waals surface area contributed by atoms with Gasteiger partial charge in [0.05, 0.1) is 7.11 Å². The molecule has 0 saturated carbocycles. The first-order valence-electron chi connectivity index (χ1n) is 10.4. The van der Waals surface area contributed by atoms with Gasteiger partial charge in [-0.1, -0.05) is 26.8 Å². The van der Waals surface area contributed by atoms with E-state index in [2.05, 4.69) is 10.6 Å². The van der Waals surface area contributed by atoms with Crippen LogP contribution in [0, 0.1) is 11.8 Å². The first-order chi connectivity index (χ1) is 13.8. The number of hydrogen-bond donors (Lipinski definition) is 2. The molecule has 1 saturated heterocycles. The summed E-state index contributed by atoms with van der Waals surface area (Å²) in [5.41, 5.74) is 0.449. The minimum Gasteiger partial charge on any atom is -0.497 e. The van der Waals surface area contributed by atoms with Crippen LogP contribution in [0.2, 0.25) is 0 Å². The fraction of sp³-hybridized carbons (Fsp3) is 0.591. The van der Waals surface area contributed by atoms with Gasteiger partial charge in [-0.3, -0.25) is 14.4 Å². The van der Waals surface area contributed by atoms with Gasteiger partial charge in [0.25, 0.3) is 5.91 Å². The molecule has 1 atom stereocenters. The maximum Gasteiger partial charge on any atom is 0.252 e. The molecule has 0 spiro atoms. The number of benzene rings is 1. The van der Waals surface area contributed by atoms with Crippen LogP contribution in [0.4, 0.5) is 0 Å². The number of ether oxygens (including phenoxy) is 1. The molecule has 1 heterocycles. The third-order valence-corrected chi connectivity index (χ3v) is 5.25. The molecule has 2 N–H and O–H groups in total. The van der Waals surface area contributed by atoms with Crippen molar-refractivity contribution in [1.29, 1.82) is 0 Å². The van der Waals surface area contributed by atoms with Gasteiger partial charge in [-0.15, -0.1) is 0 Å². The Morgan fingerprint density at radius 2 is 1.90 bits per heavy atom. The van der Waals surface area contributed by atoms with E-state index in [0.717, 1.165) is 0 Å². The quantitative estimate of drug-likeness (QED) is 0.697. The molecule has 2 rings (SSSR count). The molecule has 1 aromatic rings. The van der Waals surface area contributed by atoms with E-state index < -0.39 is 6.04 Å². The Labute approximate surface area is 173 Å². The normalized spacial score (nSPS) is 15.7. The molecular formula is C22H33N3O4. The van der Waals surface area contributed by atoms with Crippen LogP contribution < -0.4 is 15.4 Å². The summed E-state index contributed by atoms with van der Waals surface area (Å²) >= 11 is 0. The molecule has 1 fully saturated rings. The molecule has 0 aromatic heterocycles. The lowest BCUT2D eigenvalue weighted by Gasteiger charge is -2.35. The van der Waals surface area contributed by atoms with Gasteiger partial charge >= 0.3 is 0 Å². The standard InChI is InChI=1S/C22H33N3O4/c1-5-19(26)25-11-9-16(10-12-25)20(22(28)23-14-15(2)3)24-21(27)17-7-6-8-18(13-17)29-4/h6-8,13,15-16,20H,5,9-12,14H2,1-4H3,(H,23,28)(H,24,27)/t20-/m0/s1. The summed E-state index contributed by atoms with van der Waals surface area (Å²) in [6, 6.07) is 6.23. The average Bonchev–Trinajstić information content (AvgIpc) is 2.75. The summed E-state index contributed by atoms with van der Waals surface area (Å²) in [6.45, 7) is 7.68. The second-order valence-electron chi connectivity index (χ2n) is 7.89. The molecule has 29 heavy (non-hydrogen) atoms.